The molecule has 1 fully saturated rings. The molecule has 0 saturated carbocycles. The molecular formula is C33H32Cl2N6O5S. The van der Waals surface area contributed by atoms with E-state index in [2.05, 4.69) is 20.6 Å². The van der Waals surface area contributed by atoms with E-state index in [1.54, 1.807) is 6.07 Å². The molecule has 2 aromatic heterocycles. The predicted molar refractivity (Wildman–Crippen MR) is 178 cm³/mol. The first-order chi connectivity index (χ1) is 22.5. The second kappa shape index (κ2) is 14.6. The van der Waals surface area contributed by atoms with Crippen molar-refractivity contribution in [1.29, 1.82) is 5.26 Å². The van der Waals surface area contributed by atoms with E-state index in [-0.39, 0.29) is 46.9 Å². The van der Waals surface area contributed by atoms with Gasteiger partial charge in [-0.1, -0.05) is 35.3 Å². The van der Waals surface area contributed by atoms with Gasteiger partial charge in [-0.2, -0.15) is 9.57 Å². The summed E-state index contributed by atoms with van der Waals surface area (Å²) in [5, 5.41) is 15.4. The zero-order valence-corrected chi connectivity index (χ0v) is 28.0. The van der Waals surface area contributed by atoms with E-state index in [0.29, 0.717) is 41.7 Å². The minimum absolute atomic E-state index is 0.0726. The SMILES string of the molecule is Cc1cc(C)c2cccc(OCc3c(Cl)ccc(S(=O)(=O)N4CCC[C@H]4C(=O)NCCCNC(=O)c4ccc(C#N)cn4)c3Cl)c2n1. The number of halogens is 2. The Kier molecular flexibility index (Phi) is 10.6. The van der Waals surface area contributed by atoms with Gasteiger partial charge in [0.1, 0.15) is 40.6 Å². The van der Waals surface area contributed by atoms with E-state index in [1.807, 2.05) is 38.1 Å². The van der Waals surface area contributed by atoms with Crippen LogP contribution in [-0.2, 0) is 21.4 Å². The smallest absolute Gasteiger partial charge is 0.269 e. The number of nitriles is 1. The molecule has 2 aromatic carbocycles. The van der Waals surface area contributed by atoms with Crippen LogP contribution in [0.3, 0.4) is 0 Å². The van der Waals surface area contributed by atoms with Gasteiger partial charge in [-0.15, -0.1) is 0 Å². The summed E-state index contributed by atoms with van der Waals surface area (Å²) < 4.78 is 35.0. The molecule has 1 saturated heterocycles. The standard InChI is InChI=1S/C33H32Cl2N6O5S/c1-20-16-21(2)40-31-23(20)6-3-8-28(31)46-19-24-25(34)10-12-29(30(24)35)47(44,45)41-15-4-7-27(41)33(43)38-14-5-13-37-32(42)26-11-9-22(17-36)18-39-26/h3,6,8-12,16,18,27H,4-5,7,13-15,19H2,1-2H3,(H,37,42)(H,38,43)/t27-/m0/s1. The van der Waals surface area contributed by atoms with Crippen molar-refractivity contribution >= 4 is 55.9 Å². The summed E-state index contributed by atoms with van der Waals surface area (Å²) in [5.41, 5.74) is 3.39. The summed E-state index contributed by atoms with van der Waals surface area (Å²) in [7, 11) is -4.18. The maximum absolute atomic E-state index is 13.9. The van der Waals surface area contributed by atoms with E-state index in [4.69, 9.17) is 33.2 Å². The fraction of sp³-hybridized carbons (Fsp3) is 0.303. The quantitative estimate of drug-likeness (QED) is 0.206. The zero-order valence-electron chi connectivity index (χ0n) is 25.7. The molecule has 0 unspecified atom stereocenters. The Bertz CT molecular complexity index is 1980. The highest BCUT2D eigenvalue weighted by atomic mass is 35.5. The van der Waals surface area contributed by atoms with Gasteiger partial charge in [0.25, 0.3) is 5.91 Å². The zero-order chi connectivity index (χ0) is 33.7. The van der Waals surface area contributed by atoms with Gasteiger partial charge in [0.05, 0.1) is 10.6 Å². The second-order valence-electron chi connectivity index (χ2n) is 11.1. The largest absolute Gasteiger partial charge is 0.487 e. The summed E-state index contributed by atoms with van der Waals surface area (Å²) in [6, 6.07) is 14.4. The number of para-hydroxylation sites is 1. The number of pyridine rings is 2. The molecule has 47 heavy (non-hydrogen) atoms. The fourth-order valence-corrected chi connectivity index (χ4v) is 7.97. The van der Waals surface area contributed by atoms with Gasteiger partial charge in [-0.05, 0) is 75.1 Å². The Hall–Kier alpha value is -4.28. The van der Waals surface area contributed by atoms with Gasteiger partial charge >= 0.3 is 0 Å². The van der Waals surface area contributed by atoms with Crippen molar-refractivity contribution in [2.75, 3.05) is 19.6 Å². The van der Waals surface area contributed by atoms with E-state index < -0.39 is 27.9 Å². The van der Waals surface area contributed by atoms with Crippen LogP contribution in [0.25, 0.3) is 10.9 Å². The molecule has 4 aromatic rings. The first-order valence-corrected chi connectivity index (χ1v) is 17.1. The van der Waals surface area contributed by atoms with Crippen molar-refractivity contribution in [3.63, 3.8) is 0 Å². The number of carbonyl (C=O) groups is 2. The van der Waals surface area contributed by atoms with Crippen LogP contribution in [0.2, 0.25) is 10.0 Å². The number of hydrogen-bond acceptors (Lipinski definition) is 8. The number of carbonyl (C=O) groups excluding carboxylic acids is 2. The summed E-state index contributed by atoms with van der Waals surface area (Å²) in [5.74, 6) is -0.331. The molecule has 1 atom stereocenters. The lowest BCUT2D eigenvalue weighted by Gasteiger charge is -2.24. The van der Waals surface area contributed by atoms with Gasteiger partial charge in [-0.25, -0.2) is 18.4 Å². The molecule has 2 amide bonds. The number of fused-ring (bicyclic) bond motifs is 1. The normalized spacial score (nSPS) is 14.9. The molecule has 5 rings (SSSR count). The molecule has 14 heteroatoms. The number of rotatable bonds is 11. The van der Waals surface area contributed by atoms with Crippen molar-refractivity contribution in [1.82, 2.24) is 24.9 Å². The molecule has 0 bridgehead atoms. The highest BCUT2D eigenvalue weighted by Crippen LogP contribution is 2.36. The summed E-state index contributed by atoms with van der Waals surface area (Å²) in [6.45, 7) is 4.42. The number of nitrogens with one attached hydrogen (secondary N) is 2. The molecule has 0 radical (unpaired) electrons. The van der Waals surface area contributed by atoms with Gasteiger partial charge in [0.2, 0.25) is 15.9 Å². The van der Waals surface area contributed by atoms with Crippen molar-refractivity contribution in [2.45, 2.75) is 50.7 Å². The second-order valence-corrected chi connectivity index (χ2v) is 13.7. The third kappa shape index (κ3) is 7.49. The van der Waals surface area contributed by atoms with Gasteiger partial charge in [-0.3, -0.25) is 9.59 Å². The third-order valence-electron chi connectivity index (χ3n) is 7.82. The van der Waals surface area contributed by atoms with E-state index in [9.17, 15) is 18.0 Å². The number of nitrogens with zero attached hydrogens (tertiary/aromatic N) is 4. The fourth-order valence-electron chi connectivity index (χ4n) is 5.45. The molecule has 244 valence electrons. The van der Waals surface area contributed by atoms with Crippen molar-refractivity contribution in [3.8, 4) is 11.8 Å². The monoisotopic (exact) mass is 694 g/mol. The predicted octanol–water partition coefficient (Wildman–Crippen LogP) is 5.09. The number of benzene rings is 2. The molecule has 11 nitrogen and oxygen atoms in total. The maximum Gasteiger partial charge on any atom is 0.269 e. The first-order valence-electron chi connectivity index (χ1n) is 14.9. The molecule has 1 aliphatic rings. The highest BCUT2D eigenvalue weighted by molar-refractivity contribution is 7.89. The minimum Gasteiger partial charge on any atom is -0.487 e. The van der Waals surface area contributed by atoms with Crippen LogP contribution in [-0.4, -0.2) is 60.2 Å². The topological polar surface area (TPSA) is 154 Å². The molecule has 0 spiro atoms. The Balaban J connectivity index is 1.22. The number of aromatic nitrogens is 2. The van der Waals surface area contributed by atoms with Crippen LogP contribution in [0.4, 0.5) is 0 Å². The lowest BCUT2D eigenvalue weighted by Crippen LogP contribution is -2.46. The Morgan fingerprint density at radius 1 is 1.11 bits per heavy atom. The minimum atomic E-state index is -4.18. The van der Waals surface area contributed by atoms with E-state index in [1.165, 1.54) is 34.8 Å². The summed E-state index contributed by atoms with van der Waals surface area (Å²) in [4.78, 5) is 33.8. The highest BCUT2D eigenvalue weighted by Gasteiger charge is 2.40. The maximum atomic E-state index is 13.9. The van der Waals surface area contributed by atoms with Crippen molar-refractivity contribution < 1.29 is 22.7 Å². The summed E-state index contributed by atoms with van der Waals surface area (Å²) in [6.07, 6.45) is 2.57. The van der Waals surface area contributed by atoms with Crippen molar-refractivity contribution in [3.05, 3.63) is 92.9 Å². The number of sulfonamides is 1. The molecule has 2 N–H and O–H groups in total. The number of ether oxygens (including phenoxy) is 1. The molecule has 1 aliphatic heterocycles. The lowest BCUT2D eigenvalue weighted by atomic mass is 10.1. The third-order valence-corrected chi connectivity index (χ3v) is 10.7. The van der Waals surface area contributed by atoms with E-state index in [0.717, 1.165) is 16.6 Å². The summed E-state index contributed by atoms with van der Waals surface area (Å²) >= 11 is 13.2. The van der Waals surface area contributed by atoms with Crippen LogP contribution in [0.1, 0.15) is 52.1 Å². The molecular weight excluding hydrogens is 663 g/mol. The van der Waals surface area contributed by atoms with Gasteiger partial charge in [0, 0.05) is 47.5 Å². The average molecular weight is 696 g/mol. The van der Waals surface area contributed by atoms with Crippen molar-refractivity contribution in [2.24, 2.45) is 0 Å². The number of amides is 2. The van der Waals surface area contributed by atoms with E-state index >= 15 is 0 Å². The average Bonchev–Trinajstić information content (AvgIpc) is 3.56. The Morgan fingerprint density at radius 3 is 2.64 bits per heavy atom. The number of aryl methyl sites for hydroxylation is 2. The molecule has 3 heterocycles. The number of hydrogen-bond donors (Lipinski definition) is 2. The van der Waals surface area contributed by atoms with Crippen LogP contribution in [0.15, 0.2) is 59.6 Å². The molecule has 0 aliphatic carbocycles. The van der Waals surface area contributed by atoms with Gasteiger partial charge < -0.3 is 15.4 Å². The lowest BCUT2D eigenvalue weighted by molar-refractivity contribution is -0.124. The van der Waals surface area contributed by atoms with Gasteiger partial charge in [0.15, 0.2) is 0 Å². The Morgan fingerprint density at radius 2 is 1.89 bits per heavy atom. The van der Waals surface area contributed by atoms with Crippen LogP contribution in [0.5, 0.6) is 5.75 Å². The van der Waals surface area contributed by atoms with Crippen LogP contribution in [0, 0.1) is 25.2 Å². The first kappa shape index (κ1) is 34.1. The Labute approximate surface area is 282 Å². The van der Waals surface area contributed by atoms with Crippen LogP contribution < -0.4 is 15.4 Å². The van der Waals surface area contributed by atoms with Crippen LogP contribution >= 0.6 is 23.2 Å².